The predicted molar refractivity (Wildman–Crippen MR) is 260 cm³/mol. The molecular formula is C51H82N8O3. The van der Waals surface area contributed by atoms with Crippen LogP contribution in [-0.4, -0.2) is 51.7 Å². The molecule has 0 bridgehead atoms. The SMILES string of the molecule is C.C=C(C)C(C)C.CC(C)C/C=N/N1CC(=O)NC1=O.CC(C)c1ccccc1C#N.CCNC(=O)CC(C)C.CCn1cc(C#N)c(C(C)C)c1.Cc1cncc(C(C)C)c1. The topological polar surface area (TPSA) is 156 Å². The van der Waals surface area contributed by atoms with Gasteiger partial charge in [0.15, 0.2) is 0 Å². The standard InChI is InChI=1S/C10H14N2.C10H11N.C9H13N.C8H13N3O2.C7H15NO.C6H12.CH4/c1-4-12-6-9(5-11)10(7-12)8(2)3;1-8(2)10-6-4-3-5-9(10)7-11;1-7(2)9-4-8(3)5-10-6-9;1-6(2)3-4-9-11-5-7(12)10-8(11)13;1-4-8-7(9)5-6(2)3;1-5(2)6(3)4;/h6-8H,4H2,1-3H3;3-6,8H,1-2H3;4-7H,1-3H3;4,6H,3,5H2,1-2H3,(H,10,12,13);6H,4-5H2,1-3H3,(H,8,9);6H,1H2,2-4H3;1H4/b;;;9-4+;;;. The number of imide groups is 1. The van der Waals surface area contributed by atoms with E-state index < -0.39 is 6.03 Å². The number of nitriles is 2. The molecule has 11 heteroatoms. The molecule has 0 aliphatic carbocycles. The second kappa shape index (κ2) is 34.1. The fourth-order valence-electron chi connectivity index (χ4n) is 4.78. The van der Waals surface area contributed by atoms with Gasteiger partial charge in [-0.25, -0.2) is 9.80 Å². The van der Waals surface area contributed by atoms with Crippen molar-refractivity contribution in [3.8, 4) is 12.1 Å². The zero-order valence-corrected chi connectivity index (χ0v) is 40.4. The number of carbonyl (C=O) groups excluding carboxylic acids is 3. The van der Waals surface area contributed by atoms with Gasteiger partial charge in [-0.15, -0.1) is 0 Å². The third-order valence-electron chi connectivity index (χ3n) is 8.81. The Labute approximate surface area is 377 Å². The van der Waals surface area contributed by atoms with E-state index in [1.807, 2.05) is 75.1 Å². The Hall–Kier alpha value is -5.55. The van der Waals surface area contributed by atoms with Crippen molar-refractivity contribution < 1.29 is 14.4 Å². The van der Waals surface area contributed by atoms with Gasteiger partial charge in [-0.2, -0.15) is 15.6 Å². The van der Waals surface area contributed by atoms with Crippen molar-refractivity contribution in [1.29, 1.82) is 10.5 Å². The minimum Gasteiger partial charge on any atom is -0.356 e. The van der Waals surface area contributed by atoms with Gasteiger partial charge in [0.05, 0.1) is 17.2 Å². The molecule has 0 saturated carbocycles. The van der Waals surface area contributed by atoms with Gasteiger partial charge < -0.3 is 9.88 Å². The third-order valence-corrected chi connectivity index (χ3v) is 8.81. The molecule has 2 aromatic heterocycles. The van der Waals surface area contributed by atoms with Crippen molar-refractivity contribution in [2.75, 3.05) is 13.1 Å². The summed E-state index contributed by atoms with van der Waals surface area (Å²) in [6.45, 7) is 38.8. The maximum atomic E-state index is 10.9. The molecule has 0 atom stereocenters. The summed E-state index contributed by atoms with van der Waals surface area (Å²) in [6, 6.07) is 13.8. The molecule has 1 aliphatic rings. The summed E-state index contributed by atoms with van der Waals surface area (Å²) in [4.78, 5) is 36.5. The van der Waals surface area contributed by atoms with Crippen LogP contribution in [0.1, 0.15) is 175 Å². The number of carbonyl (C=O) groups is 3. The lowest BCUT2D eigenvalue weighted by Gasteiger charge is -2.05. The molecule has 0 radical (unpaired) electrons. The summed E-state index contributed by atoms with van der Waals surface area (Å²) >= 11 is 0. The number of nitrogens with zero attached hydrogens (tertiary/aromatic N) is 6. The summed E-state index contributed by atoms with van der Waals surface area (Å²) in [6.07, 6.45) is 10.9. The predicted octanol–water partition coefficient (Wildman–Crippen LogP) is 12.3. The third kappa shape index (κ3) is 28.1. The number of aryl methyl sites for hydroxylation is 2. The van der Waals surface area contributed by atoms with E-state index in [0.717, 1.165) is 46.8 Å². The Morgan fingerprint density at radius 1 is 0.887 bits per heavy atom. The highest BCUT2D eigenvalue weighted by Crippen LogP contribution is 2.20. The van der Waals surface area contributed by atoms with Gasteiger partial charge in [0, 0.05) is 50.5 Å². The molecule has 0 spiro atoms. The highest BCUT2D eigenvalue weighted by atomic mass is 16.2. The van der Waals surface area contributed by atoms with Gasteiger partial charge in [0.25, 0.3) is 0 Å². The van der Waals surface area contributed by atoms with Crippen LogP contribution in [0, 0.1) is 47.3 Å². The van der Waals surface area contributed by atoms with Crippen LogP contribution in [0.3, 0.4) is 0 Å². The van der Waals surface area contributed by atoms with E-state index in [9.17, 15) is 14.4 Å². The Morgan fingerprint density at radius 2 is 1.45 bits per heavy atom. The summed E-state index contributed by atoms with van der Waals surface area (Å²) in [7, 11) is 0. The van der Waals surface area contributed by atoms with Crippen molar-refractivity contribution in [3.63, 3.8) is 0 Å². The van der Waals surface area contributed by atoms with Gasteiger partial charge in [-0.3, -0.25) is 19.9 Å². The van der Waals surface area contributed by atoms with Gasteiger partial charge in [-0.1, -0.05) is 127 Å². The summed E-state index contributed by atoms with van der Waals surface area (Å²) in [5, 5.41) is 27.4. The number of urea groups is 1. The van der Waals surface area contributed by atoms with Crippen molar-refractivity contribution in [2.45, 2.75) is 155 Å². The molecule has 11 nitrogen and oxygen atoms in total. The number of hydrogen-bond acceptors (Lipinski definition) is 7. The summed E-state index contributed by atoms with van der Waals surface area (Å²) in [5.74, 6) is 2.96. The van der Waals surface area contributed by atoms with Crippen LogP contribution in [0.2, 0.25) is 0 Å². The molecule has 4 rings (SSSR count). The van der Waals surface area contributed by atoms with Gasteiger partial charge in [0.2, 0.25) is 11.8 Å². The molecule has 1 aromatic carbocycles. The molecule has 62 heavy (non-hydrogen) atoms. The first kappa shape index (κ1) is 60.8. The zero-order chi connectivity index (χ0) is 47.2. The monoisotopic (exact) mass is 855 g/mol. The van der Waals surface area contributed by atoms with E-state index in [1.165, 1.54) is 16.7 Å². The molecular weight excluding hydrogens is 773 g/mol. The first-order chi connectivity index (χ1) is 28.5. The van der Waals surface area contributed by atoms with Gasteiger partial charge in [0.1, 0.15) is 12.6 Å². The van der Waals surface area contributed by atoms with Crippen molar-refractivity contribution >= 4 is 24.1 Å². The van der Waals surface area contributed by atoms with Crippen LogP contribution in [0.15, 0.2) is 72.4 Å². The number of hydrazone groups is 1. The number of hydrogen-bond donors (Lipinski definition) is 2. The lowest BCUT2D eigenvalue weighted by molar-refractivity contribution is -0.121. The molecule has 3 aromatic rings. The van der Waals surface area contributed by atoms with Crippen molar-refractivity contribution in [3.05, 3.63) is 101 Å². The number of benzene rings is 1. The maximum absolute atomic E-state index is 10.9. The fraction of sp³-hybridized carbons (Fsp3) is 0.549. The van der Waals surface area contributed by atoms with Crippen LogP contribution in [0.25, 0.3) is 0 Å². The minimum absolute atomic E-state index is 0. The zero-order valence-electron chi connectivity index (χ0n) is 40.4. The van der Waals surface area contributed by atoms with Crippen molar-refractivity contribution in [2.24, 2.45) is 22.9 Å². The first-order valence-corrected chi connectivity index (χ1v) is 21.6. The fourth-order valence-corrected chi connectivity index (χ4v) is 4.78. The van der Waals surface area contributed by atoms with Gasteiger partial charge >= 0.3 is 6.03 Å². The molecule has 1 aliphatic heterocycles. The van der Waals surface area contributed by atoms with Crippen molar-refractivity contribution in [1.82, 2.24) is 25.2 Å². The van der Waals surface area contributed by atoms with Crippen LogP contribution in [0.5, 0.6) is 0 Å². The number of pyridine rings is 1. The average molecular weight is 855 g/mol. The smallest absolute Gasteiger partial charge is 0.344 e. The number of amides is 4. The Morgan fingerprint density at radius 3 is 1.81 bits per heavy atom. The number of aromatic nitrogens is 2. The average Bonchev–Trinajstić information content (AvgIpc) is 3.77. The highest BCUT2D eigenvalue weighted by Gasteiger charge is 2.25. The van der Waals surface area contributed by atoms with E-state index in [4.69, 9.17) is 10.5 Å². The van der Waals surface area contributed by atoms with Crippen LogP contribution < -0.4 is 10.6 Å². The maximum Gasteiger partial charge on any atom is 0.344 e. The molecule has 0 unspecified atom stereocenters. The van der Waals surface area contributed by atoms with E-state index in [1.54, 1.807) is 6.21 Å². The summed E-state index contributed by atoms with van der Waals surface area (Å²) in [5.41, 5.74) is 7.71. The first-order valence-electron chi connectivity index (χ1n) is 21.6. The number of rotatable bonds is 11. The van der Waals surface area contributed by atoms with E-state index in [2.05, 4.69) is 135 Å². The molecule has 4 amide bonds. The van der Waals surface area contributed by atoms with E-state index in [-0.39, 0.29) is 25.8 Å². The Bertz CT molecular complexity index is 1860. The largest absolute Gasteiger partial charge is 0.356 e. The molecule has 1 fully saturated rings. The van der Waals surface area contributed by atoms with Crippen LogP contribution in [0.4, 0.5) is 4.79 Å². The quantitative estimate of drug-likeness (QED) is 0.111. The second-order valence-corrected chi connectivity index (χ2v) is 16.9. The highest BCUT2D eigenvalue weighted by molar-refractivity contribution is 6.01. The lowest BCUT2D eigenvalue weighted by atomic mass is 9.98. The lowest BCUT2D eigenvalue weighted by Crippen LogP contribution is -2.24. The van der Waals surface area contributed by atoms with E-state index >= 15 is 0 Å². The minimum atomic E-state index is -0.440. The Kier molecular flexibility index (Phi) is 33.4. The van der Waals surface area contributed by atoms with Gasteiger partial charge in [-0.05, 0) is 97.9 Å². The number of nitrogens with one attached hydrogen (secondary N) is 2. The molecule has 1 saturated heterocycles. The van der Waals surface area contributed by atoms with E-state index in [0.29, 0.717) is 41.9 Å². The molecule has 2 N–H and O–H groups in total. The number of allylic oxidation sites excluding steroid dienone is 1. The normalized spacial score (nSPS) is 11.4. The molecule has 3 heterocycles. The summed E-state index contributed by atoms with van der Waals surface area (Å²) < 4.78 is 2.05. The second-order valence-electron chi connectivity index (χ2n) is 16.9. The van der Waals surface area contributed by atoms with Crippen LogP contribution >= 0.6 is 0 Å². The Balaban J connectivity index is -0.000000681. The molecule has 344 valence electrons. The van der Waals surface area contributed by atoms with Crippen LogP contribution in [-0.2, 0) is 16.1 Å².